The van der Waals surface area contributed by atoms with Crippen molar-refractivity contribution >= 4 is 27.3 Å². The Balaban J connectivity index is 1.84. The van der Waals surface area contributed by atoms with Crippen LogP contribution in [-0.4, -0.2) is 56.0 Å². The molecule has 0 saturated carbocycles. The smallest absolute Gasteiger partial charge is 0.219 e. The summed E-state index contributed by atoms with van der Waals surface area (Å²) in [6, 6.07) is 3.90. The zero-order valence-corrected chi connectivity index (χ0v) is 14.1. The largest absolute Gasteiger partial charge is 0.343 e. The van der Waals surface area contributed by atoms with E-state index in [2.05, 4.69) is 0 Å². The quantitative estimate of drug-likeness (QED) is 0.793. The predicted molar refractivity (Wildman–Crippen MR) is 84.8 cm³/mol. The van der Waals surface area contributed by atoms with Crippen LogP contribution in [-0.2, 0) is 21.2 Å². The summed E-state index contributed by atoms with van der Waals surface area (Å²) in [6.07, 6.45) is 1.44. The lowest BCUT2D eigenvalue weighted by molar-refractivity contribution is -0.127. The molecular weight excluding hydrogens is 308 g/mol. The van der Waals surface area contributed by atoms with Crippen molar-refractivity contribution in [1.82, 2.24) is 9.21 Å². The molecule has 0 radical (unpaired) electrons. The van der Waals surface area contributed by atoms with Gasteiger partial charge in [-0.15, -0.1) is 11.3 Å². The molecule has 1 saturated heterocycles. The van der Waals surface area contributed by atoms with Crippen molar-refractivity contribution in [3.63, 3.8) is 0 Å². The van der Waals surface area contributed by atoms with Gasteiger partial charge < -0.3 is 4.90 Å². The van der Waals surface area contributed by atoms with Gasteiger partial charge in [0.2, 0.25) is 15.9 Å². The molecule has 2 rings (SSSR count). The fraction of sp³-hybridized carbons (Fsp3) is 0.643. The Hall–Kier alpha value is -0.920. The van der Waals surface area contributed by atoms with E-state index >= 15 is 0 Å². The molecule has 118 valence electrons. The number of sulfonamides is 1. The molecule has 1 fully saturated rings. The minimum atomic E-state index is -3.23. The van der Waals surface area contributed by atoms with Crippen molar-refractivity contribution in [2.24, 2.45) is 5.92 Å². The molecule has 1 aromatic rings. The fourth-order valence-electron chi connectivity index (χ4n) is 2.59. The van der Waals surface area contributed by atoms with E-state index in [1.54, 1.807) is 30.2 Å². The second-order valence-corrected chi connectivity index (χ2v) is 8.77. The topological polar surface area (TPSA) is 57.7 Å². The summed E-state index contributed by atoms with van der Waals surface area (Å²) in [6.45, 7) is 3.46. The molecule has 0 N–H and O–H groups in total. The van der Waals surface area contributed by atoms with Gasteiger partial charge in [0.1, 0.15) is 0 Å². The van der Waals surface area contributed by atoms with Crippen LogP contribution in [0.5, 0.6) is 0 Å². The number of amides is 1. The van der Waals surface area contributed by atoms with E-state index in [0.29, 0.717) is 19.5 Å². The number of hydrogen-bond donors (Lipinski definition) is 0. The molecule has 0 bridgehead atoms. The third kappa shape index (κ3) is 4.52. The molecular formula is C14H22N2O3S2. The van der Waals surface area contributed by atoms with Gasteiger partial charge in [-0.3, -0.25) is 4.79 Å². The van der Waals surface area contributed by atoms with Gasteiger partial charge in [-0.05, 0) is 30.2 Å². The first-order chi connectivity index (χ1) is 9.88. The molecule has 7 heteroatoms. The summed E-state index contributed by atoms with van der Waals surface area (Å²) < 4.78 is 26.0. The lowest BCUT2D eigenvalue weighted by Gasteiger charge is -2.21. The molecule has 1 atom stereocenters. The number of carbonyl (C=O) groups excluding carboxylic acids is 1. The second-order valence-electron chi connectivity index (χ2n) is 5.55. The van der Waals surface area contributed by atoms with Gasteiger partial charge in [0.25, 0.3) is 0 Å². The summed E-state index contributed by atoms with van der Waals surface area (Å²) in [5, 5.41) is 1.96. The molecule has 2 heterocycles. The van der Waals surface area contributed by atoms with Gasteiger partial charge in [-0.25, -0.2) is 12.7 Å². The summed E-state index contributed by atoms with van der Waals surface area (Å²) in [5.74, 6) is 0.462. The number of rotatable bonds is 6. The van der Waals surface area contributed by atoms with Crippen molar-refractivity contribution in [2.75, 3.05) is 32.4 Å². The zero-order valence-electron chi connectivity index (χ0n) is 12.5. The van der Waals surface area contributed by atoms with Crippen LogP contribution in [0.15, 0.2) is 17.5 Å². The standard InChI is InChI=1S/C14H22N2O3S2/c1-12(17)16-7-5-13(11-16)10-15(2)21(18,19)9-6-14-4-3-8-20-14/h3-4,8,13H,5-7,9-11H2,1-2H3/t13-/m0/s1. The van der Waals surface area contributed by atoms with Crippen molar-refractivity contribution in [2.45, 2.75) is 19.8 Å². The van der Waals surface area contributed by atoms with Crippen molar-refractivity contribution < 1.29 is 13.2 Å². The van der Waals surface area contributed by atoms with Crippen molar-refractivity contribution in [3.05, 3.63) is 22.4 Å². The van der Waals surface area contributed by atoms with Crippen LogP contribution >= 0.6 is 11.3 Å². The van der Waals surface area contributed by atoms with E-state index in [1.165, 1.54) is 4.31 Å². The number of thiophene rings is 1. The number of likely N-dealkylation sites (tertiary alicyclic amines) is 1. The molecule has 1 aliphatic heterocycles. The van der Waals surface area contributed by atoms with E-state index in [4.69, 9.17) is 0 Å². The van der Waals surface area contributed by atoms with Gasteiger partial charge in [-0.1, -0.05) is 6.07 Å². The Bertz CT molecular complexity index is 569. The molecule has 0 spiro atoms. The highest BCUT2D eigenvalue weighted by atomic mass is 32.2. The molecule has 1 amide bonds. The molecule has 0 aliphatic carbocycles. The van der Waals surface area contributed by atoms with Crippen LogP contribution < -0.4 is 0 Å². The van der Waals surface area contributed by atoms with Crippen molar-refractivity contribution in [3.8, 4) is 0 Å². The van der Waals surface area contributed by atoms with Crippen LogP contribution in [0.3, 0.4) is 0 Å². The Kier molecular flexibility index (Phi) is 5.40. The highest BCUT2D eigenvalue weighted by Crippen LogP contribution is 2.19. The van der Waals surface area contributed by atoms with E-state index in [1.807, 2.05) is 17.5 Å². The van der Waals surface area contributed by atoms with Crippen LogP contribution in [0.1, 0.15) is 18.2 Å². The normalized spacial score (nSPS) is 19.4. The van der Waals surface area contributed by atoms with Crippen molar-refractivity contribution in [1.29, 1.82) is 0 Å². The summed E-state index contributed by atoms with van der Waals surface area (Å²) in [7, 11) is -1.59. The molecule has 0 unspecified atom stereocenters. The molecule has 5 nitrogen and oxygen atoms in total. The first-order valence-corrected chi connectivity index (χ1v) is 9.59. The minimum absolute atomic E-state index is 0.0701. The maximum atomic E-state index is 12.3. The van der Waals surface area contributed by atoms with E-state index in [9.17, 15) is 13.2 Å². The first kappa shape index (κ1) is 16.5. The number of hydrogen-bond acceptors (Lipinski definition) is 4. The highest BCUT2D eigenvalue weighted by Gasteiger charge is 2.28. The second kappa shape index (κ2) is 6.89. The van der Waals surface area contributed by atoms with Crippen LogP contribution in [0, 0.1) is 5.92 Å². The van der Waals surface area contributed by atoms with E-state index in [0.717, 1.165) is 17.8 Å². The Morgan fingerprint density at radius 2 is 2.29 bits per heavy atom. The average Bonchev–Trinajstić information content (AvgIpc) is 3.07. The summed E-state index contributed by atoms with van der Waals surface area (Å²) in [5.41, 5.74) is 0. The monoisotopic (exact) mass is 330 g/mol. The van der Waals surface area contributed by atoms with Gasteiger partial charge >= 0.3 is 0 Å². The van der Waals surface area contributed by atoms with Gasteiger partial charge in [-0.2, -0.15) is 0 Å². The molecule has 21 heavy (non-hydrogen) atoms. The molecule has 0 aromatic carbocycles. The van der Waals surface area contributed by atoms with Gasteiger partial charge in [0, 0.05) is 38.5 Å². The minimum Gasteiger partial charge on any atom is -0.343 e. The maximum absolute atomic E-state index is 12.3. The zero-order chi connectivity index (χ0) is 15.5. The third-order valence-electron chi connectivity index (χ3n) is 3.91. The van der Waals surface area contributed by atoms with Gasteiger partial charge in [0.05, 0.1) is 5.75 Å². The maximum Gasteiger partial charge on any atom is 0.219 e. The Labute approximate surface area is 130 Å². The lowest BCUT2D eigenvalue weighted by atomic mass is 10.1. The molecule has 1 aromatic heterocycles. The van der Waals surface area contributed by atoms with E-state index in [-0.39, 0.29) is 17.6 Å². The third-order valence-corrected chi connectivity index (χ3v) is 6.66. The summed E-state index contributed by atoms with van der Waals surface area (Å²) in [4.78, 5) is 14.2. The van der Waals surface area contributed by atoms with Crippen LogP contribution in [0.4, 0.5) is 0 Å². The Morgan fingerprint density at radius 3 is 2.86 bits per heavy atom. The highest BCUT2D eigenvalue weighted by molar-refractivity contribution is 7.89. The lowest BCUT2D eigenvalue weighted by Crippen LogP contribution is -2.35. The fourth-order valence-corrected chi connectivity index (χ4v) is 4.65. The molecule has 1 aliphatic rings. The van der Waals surface area contributed by atoms with Crippen LogP contribution in [0.2, 0.25) is 0 Å². The number of nitrogens with zero attached hydrogens (tertiary/aromatic N) is 2. The SMILES string of the molecule is CC(=O)N1CC[C@@H](CN(C)S(=O)(=O)CCc2cccs2)C1. The number of aryl methyl sites for hydroxylation is 1. The first-order valence-electron chi connectivity index (χ1n) is 7.10. The van der Waals surface area contributed by atoms with Crippen LogP contribution in [0.25, 0.3) is 0 Å². The predicted octanol–water partition coefficient (Wildman–Crippen LogP) is 1.42. The summed E-state index contributed by atoms with van der Waals surface area (Å²) >= 11 is 1.58. The average molecular weight is 330 g/mol. The van der Waals surface area contributed by atoms with E-state index < -0.39 is 10.0 Å². The number of carbonyl (C=O) groups is 1. The van der Waals surface area contributed by atoms with Gasteiger partial charge in [0.15, 0.2) is 0 Å². The Morgan fingerprint density at radius 1 is 1.52 bits per heavy atom.